The van der Waals surface area contributed by atoms with Gasteiger partial charge in [0.05, 0.1) is 29.9 Å². The zero-order chi connectivity index (χ0) is 33.0. The van der Waals surface area contributed by atoms with Crippen molar-refractivity contribution in [3.05, 3.63) is 89.5 Å². The van der Waals surface area contributed by atoms with Gasteiger partial charge in [0.1, 0.15) is 17.8 Å². The van der Waals surface area contributed by atoms with E-state index in [2.05, 4.69) is 25.1 Å². The van der Waals surface area contributed by atoms with Gasteiger partial charge in [-0.2, -0.15) is 10.1 Å². The fourth-order valence-electron chi connectivity index (χ4n) is 4.83. The van der Waals surface area contributed by atoms with Crippen LogP contribution in [0.2, 0.25) is 0 Å². The molecule has 5 rings (SSSR count). The first-order chi connectivity index (χ1) is 21.9. The highest BCUT2D eigenvalue weighted by Crippen LogP contribution is 2.34. The van der Waals surface area contributed by atoms with Gasteiger partial charge in [-0.15, -0.1) is 13.2 Å². The van der Waals surface area contributed by atoms with Crippen LogP contribution in [0.5, 0.6) is 11.5 Å². The lowest BCUT2D eigenvalue weighted by Crippen LogP contribution is -2.31. The van der Waals surface area contributed by atoms with E-state index in [1.54, 1.807) is 12.1 Å². The Morgan fingerprint density at radius 2 is 1.85 bits per heavy atom. The van der Waals surface area contributed by atoms with Gasteiger partial charge in [0.15, 0.2) is 11.0 Å². The van der Waals surface area contributed by atoms with Crippen LogP contribution in [0, 0.1) is 6.92 Å². The molecule has 1 aliphatic rings. The van der Waals surface area contributed by atoms with Gasteiger partial charge in [-0.1, -0.05) is 43.8 Å². The van der Waals surface area contributed by atoms with E-state index in [1.165, 1.54) is 59.0 Å². The maximum Gasteiger partial charge on any atom is 0.573 e. The molecule has 4 aromatic rings. The van der Waals surface area contributed by atoms with E-state index in [0.717, 1.165) is 22.4 Å². The minimum Gasteiger partial charge on any atom is -0.495 e. The van der Waals surface area contributed by atoms with Gasteiger partial charge in [0.25, 0.3) is 0 Å². The number of nitrogens with one attached hydrogen (secondary N) is 1. The minimum absolute atomic E-state index is 0.140. The highest BCUT2D eigenvalue weighted by Gasteiger charge is 2.33. The number of carbonyl (C=O) groups excluding carboxylic acids is 2. The first-order valence-corrected chi connectivity index (χ1v) is 15.3. The Bertz CT molecular complexity index is 1770. The molecule has 1 fully saturated rings. The number of benzene rings is 3. The molecule has 14 heteroatoms. The van der Waals surface area contributed by atoms with Gasteiger partial charge < -0.3 is 14.8 Å². The van der Waals surface area contributed by atoms with E-state index in [1.807, 2.05) is 45.0 Å². The van der Waals surface area contributed by atoms with Gasteiger partial charge >= 0.3 is 12.4 Å². The number of alkyl halides is 3. The topological polar surface area (TPSA) is 111 Å². The average Bonchev–Trinajstić information content (AvgIpc) is 3.62. The minimum atomic E-state index is -4.76. The Kier molecular flexibility index (Phi) is 9.65. The van der Waals surface area contributed by atoms with Crippen LogP contribution in [-0.4, -0.2) is 51.1 Å². The van der Waals surface area contributed by atoms with Crippen molar-refractivity contribution >= 4 is 40.2 Å². The number of ether oxygens (including phenoxy) is 2. The van der Waals surface area contributed by atoms with Crippen molar-refractivity contribution in [2.45, 2.75) is 45.9 Å². The van der Waals surface area contributed by atoms with E-state index >= 15 is 0 Å². The predicted molar refractivity (Wildman–Crippen MR) is 170 cm³/mol. The lowest BCUT2D eigenvalue weighted by molar-refractivity contribution is -0.274. The molecule has 0 saturated carbocycles. The molecule has 240 valence electrons. The molecule has 0 bridgehead atoms. The average molecular weight is 653 g/mol. The summed E-state index contributed by atoms with van der Waals surface area (Å²) in [5.74, 6) is 0.851. The number of hydrogen-bond acceptors (Lipinski definition) is 7. The highest BCUT2D eigenvalue weighted by atomic mass is 32.2. The molecule has 0 spiro atoms. The number of nitrogens with zero attached hydrogens (tertiary/aromatic N) is 5. The summed E-state index contributed by atoms with van der Waals surface area (Å²) in [5, 5.41) is 7.48. The number of anilines is 2. The molecule has 0 aliphatic carbocycles. The molecule has 0 unspecified atom stereocenters. The van der Waals surface area contributed by atoms with Crippen LogP contribution < -0.4 is 19.7 Å². The fourth-order valence-corrected chi connectivity index (χ4v) is 5.69. The van der Waals surface area contributed by atoms with Crippen molar-refractivity contribution in [2.75, 3.05) is 23.1 Å². The maximum atomic E-state index is 13.0. The van der Waals surface area contributed by atoms with Crippen LogP contribution in [0.3, 0.4) is 0 Å². The summed E-state index contributed by atoms with van der Waals surface area (Å²) in [6.07, 6.45) is -2.25. The predicted octanol–water partition coefficient (Wildman–Crippen LogP) is 7.06. The van der Waals surface area contributed by atoms with Gasteiger partial charge in [-0.3, -0.25) is 9.69 Å². The summed E-state index contributed by atoms with van der Waals surface area (Å²) in [6.45, 7) is 6.05. The Morgan fingerprint density at radius 1 is 1.09 bits per heavy atom. The second-order valence-electron chi connectivity index (χ2n) is 10.7. The van der Waals surface area contributed by atoms with Crippen LogP contribution in [0.1, 0.15) is 42.3 Å². The van der Waals surface area contributed by atoms with Crippen LogP contribution in [0.4, 0.5) is 29.3 Å². The molecule has 1 aliphatic heterocycles. The number of amidine groups is 1. The summed E-state index contributed by atoms with van der Waals surface area (Å²) >= 11 is 1.21. The second kappa shape index (κ2) is 13.6. The zero-order valence-corrected chi connectivity index (χ0v) is 26.3. The van der Waals surface area contributed by atoms with Crippen LogP contribution in [0.25, 0.3) is 5.69 Å². The standard InChI is InChI=1S/C32H31F3N6O4S/c1-19(2)24-12-5-20(3)15-26(24)41-29(42)17-46-31(41)38-30(43)37-25-13-6-21(16-27(25)44-4)7-14-28-36-18-40(39-28)22-8-10-23(11-9-22)45-32(33,34)35/h5-6,8-13,15-16,18-19H,7,14,17H2,1-4H3,(H,37,43). The summed E-state index contributed by atoms with van der Waals surface area (Å²) in [5.41, 5.74) is 4.56. The Hall–Kier alpha value is -4.85. The van der Waals surface area contributed by atoms with Gasteiger partial charge in [0, 0.05) is 6.42 Å². The molecule has 1 saturated heterocycles. The number of urea groups is 1. The molecule has 3 aromatic carbocycles. The van der Waals surface area contributed by atoms with Crippen molar-refractivity contribution in [3.63, 3.8) is 0 Å². The summed E-state index contributed by atoms with van der Waals surface area (Å²) in [7, 11) is 1.49. The third-order valence-corrected chi connectivity index (χ3v) is 7.95. The molecule has 1 N–H and O–H groups in total. The lowest BCUT2D eigenvalue weighted by Gasteiger charge is -2.22. The summed E-state index contributed by atoms with van der Waals surface area (Å²) in [4.78, 5) is 35.9. The number of halogens is 3. The number of methoxy groups -OCH3 is 1. The highest BCUT2D eigenvalue weighted by molar-refractivity contribution is 8.15. The van der Waals surface area contributed by atoms with Crippen LogP contribution >= 0.6 is 11.8 Å². The molecule has 1 aromatic heterocycles. The zero-order valence-electron chi connectivity index (χ0n) is 25.5. The molecule has 2 heterocycles. The largest absolute Gasteiger partial charge is 0.573 e. The van der Waals surface area contributed by atoms with E-state index in [4.69, 9.17) is 4.74 Å². The van der Waals surface area contributed by atoms with Crippen molar-refractivity contribution in [1.29, 1.82) is 0 Å². The third-order valence-electron chi connectivity index (χ3n) is 7.03. The number of aromatic nitrogens is 3. The first kappa shape index (κ1) is 32.5. The first-order valence-electron chi connectivity index (χ1n) is 14.3. The van der Waals surface area contributed by atoms with Gasteiger partial charge in [-0.25, -0.2) is 14.5 Å². The number of hydrogen-bond donors (Lipinski definition) is 1. The van der Waals surface area contributed by atoms with Crippen molar-refractivity contribution in [1.82, 2.24) is 14.8 Å². The number of aliphatic imine (C=N–C) groups is 1. The molecular weight excluding hydrogens is 621 g/mol. The van der Waals surface area contributed by atoms with E-state index in [9.17, 15) is 22.8 Å². The SMILES string of the molecule is COc1cc(CCc2ncn(-c3ccc(OC(F)(F)F)cc3)n2)ccc1NC(=O)N=C1SCC(=O)N1c1cc(C)ccc1C(C)C. The maximum absolute atomic E-state index is 13.0. The Morgan fingerprint density at radius 3 is 2.54 bits per heavy atom. The van der Waals surface area contributed by atoms with E-state index in [-0.39, 0.29) is 23.3 Å². The molecule has 3 amide bonds. The molecule has 0 atom stereocenters. The smallest absolute Gasteiger partial charge is 0.495 e. The van der Waals surface area contributed by atoms with Gasteiger partial charge in [-0.05, 0) is 78.4 Å². The third kappa shape index (κ3) is 7.86. The Labute approximate surface area is 267 Å². The van der Waals surface area contributed by atoms with E-state index < -0.39 is 12.4 Å². The van der Waals surface area contributed by atoms with E-state index in [0.29, 0.717) is 41.0 Å². The number of amides is 3. The van der Waals surface area contributed by atoms with Crippen LogP contribution in [-0.2, 0) is 17.6 Å². The quantitative estimate of drug-likeness (QED) is 0.206. The number of aryl methyl sites for hydroxylation is 3. The normalized spacial score (nSPS) is 14.3. The Balaban J connectivity index is 1.24. The number of carbonyl (C=O) groups is 2. The summed E-state index contributed by atoms with van der Waals surface area (Å²) < 4.78 is 48.1. The van der Waals surface area contributed by atoms with Crippen LogP contribution in [0.15, 0.2) is 72.0 Å². The lowest BCUT2D eigenvalue weighted by atomic mass is 9.99. The molecular formula is C32H31F3N6O4S. The van der Waals surface area contributed by atoms with Gasteiger partial charge in [0.2, 0.25) is 5.91 Å². The molecule has 0 radical (unpaired) electrons. The summed E-state index contributed by atoms with van der Waals surface area (Å²) in [6, 6.07) is 15.9. The van der Waals surface area contributed by atoms with Crippen molar-refractivity contribution in [2.24, 2.45) is 4.99 Å². The molecule has 10 nitrogen and oxygen atoms in total. The second-order valence-corrected chi connectivity index (χ2v) is 11.7. The van der Waals surface area contributed by atoms with Crippen molar-refractivity contribution < 1.29 is 32.2 Å². The number of thioether (sulfide) groups is 1. The monoisotopic (exact) mass is 652 g/mol. The fraction of sp³-hybridized carbons (Fsp3) is 0.281. The number of rotatable bonds is 9. The van der Waals surface area contributed by atoms with Crippen molar-refractivity contribution in [3.8, 4) is 17.2 Å². The molecule has 46 heavy (non-hydrogen) atoms.